The number of carbonyl (C=O) groups is 2. The van der Waals surface area contributed by atoms with Gasteiger partial charge in [0.05, 0.1) is 18.7 Å². The van der Waals surface area contributed by atoms with Crippen molar-refractivity contribution in [1.82, 2.24) is 0 Å². The van der Waals surface area contributed by atoms with Gasteiger partial charge in [0.1, 0.15) is 11.6 Å². The average Bonchev–Trinajstić information content (AvgIpc) is 2.96. The average molecular weight is 640 g/mol. The Balaban J connectivity index is 0.000000305. The van der Waals surface area contributed by atoms with Gasteiger partial charge >= 0.3 is 11.9 Å². The molecule has 0 radical (unpaired) electrons. The van der Waals surface area contributed by atoms with E-state index in [1.54, 1.807) is 24.3 Å². The Kier molecular flexibility index (Phi) is 15.2. The highest BCUT2D eigenvalue weighted by molar-refractivity contribution is 9.10. The third-order valence-electron chi connectivity index (χ3n) is 6.40. The molecule has 41 heavy (non-hydrogen) atoms. The van der Waals surface area contributed by atoms with E-state index in [2.05, 4.69) is 25.4 Å². The third-order valence-corrected chi connectivity index (χ3v) is 7.04. The fourth-order valence-corrected chi connectivity index (χ4v) is 4.31. The number of carbonyl (C=O) groups excluding carboxylic acids is 2. The lowest BCUT2D eigenvalue weighted by atomic mass is 10.00. The predicted octanol–water partition coefficient (Wildman–Crippen LogP) is 8.91. The molecule has 9 heteroatoms. The van der Waals surface area contributed by atoms with Gasteiger partial charge in [0, 0.05) is 18.4 Å². The molecular weight excluding hydrogens is 604 g/mol. The van der Waals surface area contributed by atoms with Gasteiger partial charge in [-0.2, -0.15) is 0 Å². The summed E-state index contributed by atoms with van der Waals surface area (Å²) in [4.78, 5) is 21.8. The largest absolute Gasteiger partial charge is 0.469 e. The maximum atomic E-state index is 14.2. The van der Waals surface area contributed by atoms with Crippen molar-refractivity contribution in [2.45, 2.75) is 64.2 Å². The van der Waals surface area contributed by atoms with E-state index in [0.717, 1.165) is 68.2 Å². The maximum absolute atomic E-state index is 14.2. The number of hydrogen-bond acceptors (Lipinski definition) is 4. The molecule has 3 aromatic rings. The molecule has 0 fully saturated rings. The summed E-state index contributed by atoms with van der Waals surface area (Å²) in [5.41, 5.74) is 2.36. The highest BCUT2D eigenvalue weighted by Crippen LogP contribution is 2.26. The first-order chi connectivity index (χ1) is 19.6. The van der Waals surface area contributed by atoms with Gasteiger partial charge in [-0.15, -0.1) is 0 Å². The molecule has 0 heterocycles. The van der Waals surface area contributed by atoms with Crippen LogP contribution in [0, 0.1) is 23.3 Å². The molecule has 0 amide bonds. The second kappa shape index (κ2) is 18.3. The van der Waals surface area contributed by atoms with E-state index in [4.69, 9.17) is 0 Å². The van der Waals surface area contributed by atoms with Crippen molar-refractivity contribution < 1.29 is 36.6 Å². The number of rotatable bonds is 13. The standard InChI is InChI=1S/C19H19F3O2.C13H16BrFO2/c1-24-19(23)6-4-2-3-5-13-7-9-15(17(21)11-13)14-8-10-16(20)18(22)12-14;1-17-13(16)6-4-2-3-5-10-7-8-11(14)12(15)9-10/h7-12H,2-6H2,1H3;7-9H,2-6H2,1H3. The first-order valence-corrected chi connectivity index (χ1v) is 14.2. The van der Waals surface area contributed by atoms with Crippen LogP contribution in [-0.2, 0) is 31.9 Å². The monoisotopic (exact) mass is 638 g/mol. The molecule has 0 unspecified atom stereocenters. The Hall–Kier alpha value is -3.20. The minimum Gasteiger partial charge on any atom is -0.469 e. The zero-order valence-corrected chi connectivity index (χ0v) is 24.9. The summed E-state index contributed by atoms with van der Waals surface area (Å²) in [5, 5.41) is 0. The quantitative estimate of drug-likeness (QED) is 0.107. The number of benzene rings is 3. The highest BCUT2D eigenvalue weighted by atomic mass is 79.9. The second-order valence-corrected chi connectivity index (χ2v) is 10.3. The van der Waals surface area contributed by atoms with Gasteiger partial charge in [-0.25, -0.2) is 17.6 Å². The van der Waals surface area contributed by atoms with Crippen molar-refractivity contribution in [2.75, 3.05) is 14.2 Å². The SMILES string of the molecule is COC(=O)CCCCCc1ccc(-c2ccc(F)c(F)c2)c(F)c1.COC(=O)CCCCCc1ccc(Br)c(F)c1. The molecule has 0 aliphatic heterocycles. The van der Waals surface area contributed by atoms with Crippen LogP contribution in [-0.4, -0.2) is 26.2 Å². The second-order valence-electron chi connectivity index (χ2n) is 9.47. The van der Waals surface area contributed by atoms with Gasteiger partial charge in [-0.3, -0.25) is 9.59 Å². The molecule has 0 aliphatic rings. The Bertz CT molecular complexity index is 1280. The summed E-state index contributed by atoms with van der Waals surface area (Å²) >= 11 is 3.12. The predicted molar refractivity (Wildman–Crippen MR) is 154 cm³/mol. The van der Waals surface area contributed by atoms with Crippen LogP contribution in [0.25, 0.3) is 11.1 Å². The summed E-state index contributed by atoms with van der Waals surface area (Å²) in [6, 6.07) is 13.3. The fraction of sp³-hybridized carbons (Fsp3) is 0.375. The molecule has 0 saturated carbocycles. The lowest BCUT2D eigenvalue weighted by Gasteiger charge is -2.07. The van der Waals surface area contributed by atoms with Crippen LogP contribution < -0.4 is 0 Å². The molecule has 0 N–H and O–H groups in total. The van der Waals surface area contributed by atoms with Crippen molar-refractivity contribution in [2.24, 2.45) is 0 Å². The van der Waals surface area contributed by atoms with Crippen molar-refractivity contribution in [3.63, 3.8) is 0 Å². The Morgan fingerprint density at radius 3 is 1.63 bits per heavy atom. The van der Waals surface area contributed by atoms with Crippen molar-refractivity contribution in [3.05, 3.63) is 93.5 Å². The fourth-order valence-electron chi connectivity index (χ4n) is 4.06. The molecule has 0 aliphatic carbocycles. The van der Waals surface area contributed by atoms with Crippen LogP contribution in [0.5, 0.6) is 0 Å². The van der Waals surface area contributed by atoms with E-state index < -0.39 is 17.5 Å². The number of methoxy groups -OCH3 is 2. The van der Waals surface area contributed by atoms with Crippen LogP contribution in [0.1, 0.15) is 62.5 Å². The number of hydrogen-bond donors (Lipinski definition) is 0. The molecule has 0 spiro atoms. The molecule has 0 saturated heterocycles. The van der Waals surface area contributed by atoms with E-state index in [9.17, 15) is 27.2 Å². The number of halogens is 5. The number of aryl methyl sites for hydroxylation is 2. The Labute approximate surface area is 247 Å². The normalized spacial score (nSPS) is 10.5. The molecule has 4 nitrogen and oxygen atoms in total. The third kappa shape index (κ3) is 12.5. The Morgan fingerprint density at radius 2 is 1.15 bits per heavy atom. The minimum absolute atomic E-state index is 0.167. The summed E-state index contributed by atoms with van der Waals surface area (Å²) in [7, 11) is 2.76. The molecule has 222 valence electrons. The number of esters is 2. The molecule has 0 aromatic heterocycles. The van der Waals surface area contributed by atoms with E-state index >= 15 is 0 Å². The van der Waals surface area contributed by atoms with Crippen molar-refractivity contribution in [1.29, 1.82) is 0 Å². The lowest BCUT2D eigenvalue weighted by Crippen LogP contribution is -1.99. The molecule has 0 atom stereocenters. The van der Waals surface area contributed by atoms with E-state index in [1.807, 2.05) is 6.07 Å². The van der Waals surface area contributed by atoms with Crippen molar-refractivity contribution >= 4 is 27.9 Å². The number of unbranched alkanes of at least 4 members (excludes halogenated alkanes) is 4. The lowest BCUT2D eigenvalue weighted by molar-refractivity contribution is -0.141. The summed E-state index contributed by atoms with van der Waals surface area (Å²) in [6.45, 7) is 0. The molecular formula is C32H35BrF4O4. The number of ether oxygens (including phenoxy) is 2. The van der Waals surface area contributed by atoms with Gasteiger partial charge in [-0.05, 0) is 101 Å². The smallest absolute Gasteiger partial charge is 0.305 e. The zero-order valence-electron chi connectivity index (χ0n) is 23.3. The first-order valence-electron chi connectivity index (χ1n) is 13.5. The van der Waals surface area contributed by atoms with E-state index in [0.29, 0.717) is 29.3 Å². The summed E-state index contributed by atoms with van der Waals surface area (Å²) < 4.78 is 63.2. The van der Waals surface area contributed by atoms with Gasteiger partial charge in [0.2, 0.25) is 0 Å². The molecule has 0 bridgehead atoms. The highest BCUT2D eigenvalue weighted by Gasteiger charge is 2.10. The van der Waals surface area contributed by atoms with Crippen LogP contribution in [0.3, 0.4) is 0 Å². The summed E-state index contributed by atoms with van der Waals surface area (Å²) in [5.74, 6) is -3.04. The minimum atomic E-state index is -0.999. The van der Waals surface area contributed by atoms with Crippen molar-refractivity contribution in [3.8, 4) is 11.1 Å². The van der Waals surface area contributed by atoms with Gasteiger partial charge < -0.3 is 9.47 Å². The van der Waals surface area contributed by atoms with Gasteiger partial charge in [0.25, 0.3) is 0 Å². The Morgan fingerprint density at radius 1 is 0.610 bits per heavy atom. The zero-order chi connectivity index (χ0) is 30.2. The van der Waals surface area contributed by atoms with E-state index in [-0.39, 0.29) is 23.3 Å². The maximum Gasteiger partial charge on any atom is 0.305 e. The van der Waals surface area contributed by atoms with Crippen LogP contribution in [0.2, 0.25) is 0 Å². The van der Waals surface area contributed by atoms with E-state index in [1.165, 1.54) is 26.4 Å². The van der Waals surface area contributed by atoms with Gasteiger partial charge in [-0.1, -0.05) is 37.1 Å². The van der Waals surface area contributed by atoms with Gasteiger partial charge in [0.15, 0.2) is 11.6 Å². The van der Waals surface area contributed by atoms with Crippen LogP contribution in [0.4, 0.5) is 17.6 Å². The van der Waals surface area contributed by atoms with Crippen LogP contribution >= 0.6 is 15.9 Å². The molecule has 3 rings (SSSR count). The molecule has 3 aromatic carbocycles. The van der Waals surface area contributed by atoms with Crippen LogP contribution in [0.15, 0.2) is 59.1 Å². The summed E-state index contributed by atoms with van der Waals surface area (Å²) in [6.07, 6.45) is 7.54. The first kappa shape index (κ1) is 34.0. The topological polar surface area (TPSA) is 52.6 Å².